The second kappa shape index (κ2) is 1.46. The van der Waals surface area contributed by atoms with Crippen LogP contribution in [0.5, 0.6) is 0 Å². The zero-order chi connectivity index (χ0) is 6.27. The number of hydrogen-bond acceptors (Lipinski definition) is 4. The number of fused-ring (bicyclic) bond motifs is 1. The Bertz CT molecular complexity index is 187. The van der Waals surface area contributed by atoms with E-state index in [-0.39, 0.29) is 11.9 Å². The van der Waals surface area contributed by atoms with Crippen LogP contribution in [0.2, 0.25) is 0 Å². The molecule has 4 nitrogen and oxygen atoms in total. The maximum Gasteiger partial charge on any atom is 0.355 e. The SMILES string of the molecule is O=C1OCC2CNN=C12. The minimum absolute atomic E-state index is 0.220. The number of hydrazone groups is 1. The summed E-state index contributed by atoms with van der Waals surface area (Å²) in [6, 6.07) is 0. The molecule has 4 heteroatoms. The first-order valence-corrected chi connectivity index (χ1v) is 2.85. The smallest absolute Gasteiger partial charge is 0.355 e. The van der Waals surface area contributed by atoms with E-state index in [1.165, 1.54) is 0 Å². The quantitative estimate of drug-likeness (QED) is 0.429. The highest BCUT2D eigenvalue weighted by Crippen LogP contribution is 2.13. The van der Waals surface area contributed by atoms with Crippen LogP contribution in [0.3, 0.4) is 0 Å². The Balaban J connectivity index is 2.32. The zero-order valence-corrected chi connectivity index (χ0v) is 4.76. The highest BCUT2D eigenvalue weighted by molar-refractivity contribution is 6.39. The summed E-state index contributed by atoms with van der Waals surface area (Å²) in [4.78, 5) is 10.7. The molecule has 0 aromatic rings. The van der Waals surface area contributed by atoms with E-state index in [2.05, 4.69) is 10.5 Å². The average Bonchev–Trinajstić information content (AvgIpc) is 2.35. The first kappa shape index (κ1) is 4.78. The fourth-order valence-corrected chi connectivity index (χ4v) is 1.03. The molecule has 2 aliphatic heterocycles. The van der Waals surface area contributed by atoms with Crippen LogP contribution in [-0.2, 0) is 9.53 Å². The normalized spacial score (nSPS) is 30.9. The number of rotatable bonds is 0. The number of cyclic esters (lactones) is 1. The lowest BCUT2D eigenvalue weighted by Crippen LogP contribution is -2.14. The van der Waals surface area contributed by atoms with Gasteiger partial charge in [0.15, 0.2) is 5.71 Å². The molecule has 1 fully saturated rings. The third-order valence-electron chi connectivity index (χ3n) is 1.55. The van der Waals surface area contributed by atoms with E-state index in [9.17, 15) is 4.79 Å². The molecule has 0 aromatic carbocycles. The first-order chi connectivity index (χ1) is 4.38. The Morgan fingerprint density at radius 2 is 2.67 bits per heavy atom. The van der Waals surface area contributed by atoms with Crippen LogP contribution in [0.4, 0.5) is 0 Å². The van der Waals surface area contributed by atoms with E-state index in [1.807, 2.05) is 0 Å². The van der Waals surface area contributed by atoms with Crippen molar-refractivity contribution in [3.05, 3.63) is 0 Å². The molecule has 9 heavy (non-hydrogen) atoms. The zero-order valence-electron chi connectivity index (χ0n) is 4.76. The van der Waals surface area contributed by atoms with Gasteiger partial charge in [0.2, 0.25) is 0 Å². The largest absolute Gasteiger partial charge is 0.460 e. The lowest BCUT2D eigenvalue weighted by molar-refractivity contribution is -0.133. The van der Waals surface area contributed by atoms with E-state index >= 15 is 0 Å². The van der Waals surface area contributed by atoms with Gasteiger partial charge in [-0.25, -0.2) is 4.79 Å². The van der Waals surface area contributed by atoms with E-state index in [4.69, 9.17) is 4.74 Å². The van der Waals surface area contributed by atoms with Gasteiger partial charge in [-0.2, -0.15) is 5.10 Å². The number of nitrogens with zero attached hydrogens (tertiary/aromatic N) is 1. The molecule has 48 valence electrons. The fraction of sp³-hybridized carbons (Fsp3) is 0.600. The van der Waals surface area contributed by atoms with Gasteiger partial charge in [0.1, 0.15) is 6.61 Å². The Labute approximate surface area is 51.9 Å². The average molecular weight is 126 g/mol. The summed E-state index contributed by atoms with van der Waals surface area (Å²) in [7, 11) is 0. The van der Waals surface area contributed by atoms with Crippen LogP contribution in [0.15, 0.2) is 5.10 Å². The molecule has 0 bridgehead atoms. The summed E-state index contributed by atoms with van der Waals surface area (Å²) in [6.07, 6.45) is 0. The van der Waals surface area contributed by atoms with E-state index < -0.39 is 0 Å². The van der Waals surface area contributed by atoms with Crippen LogP contribution in [-0.4, -0.2) is 24.8 Å². The lowest BCUT2D eigenvalue weighted by atomic mass is 10.1. The van der Waals surface area contributed by atoms with E-state index in [0.717, 1.165) is 6.54 Å². The molecule has 0 saturated carbocycles. The number of ether oxygens (including phenoxy) is 1. The maximum absolute atomic E-state index is 10.7. The molecule has 0 aromatic heterocycles. The van der Waals surface area contributed by atoms with Gasteiger partial charge in [0.05, 0.1) is 5.92 Å². The van der Waals surface area contributed by atoms with Gasteiger partial charge in [0.25, 0.3) is 0 Å². The van der Waals surface area contributed by atoms with Crippen LogP contribution >= 0.6 is 0 Å². The molecule has 0 aliphatic carbocycles. The van der Waals surface area contributed by atoms with Crippen LogP contribution < -0.4 is 5.43 Å². The van der Waals surface area contributed by atoms with Crippen molar-refractivity contribution in [3.8, 4) is 0 Å². The molecular weight excluding hydrogens is 120 g/mol. The molecule has 0 radical (unpaired) electrons. The summed E-state index contributed by atoms with van der Waals surface area (Å²) in [5.41, 5.74) is 3.31. The van der Waals surface area contributed by atoms with Gasteiger partial charge < -0.3 is 10.2 Å². The van der Waals surface area contributed by atoms with Gasteiger partial charge in [-0.1, -0.05) is 0 Å². The van der Waals surface area contributed by atoms with Crippen molar-refractivity contribution in [2.75, 3.05) is 13.2 Å². The van der Waals surface area contributed by atoms with Gasteiger partial charge in [-0.05, 0) is 0 Å². The predicted molar refractivity (Wildman–Crippen MR) is 29.9 cm³/mol. The number of hydrogen-bond donors (Lipinski definition) is 1. The van der Waals surface area contributed by atoms with Crippen LogP contribution in [0.25, 0.3) is 0 Å². The Hall–Kier alpha value is -1.06. The summed E-state index contributed by atoms with van der Waals surface area (Å²) < 4.78 is 4.71. The highest BCUT2D eigenvalue weighted by Gasteiger charge is 2.35. The summed E-state index contributed by atoms with van der Waals surface area (Å²) in [6.45, 7) is 1.26. The molecule has 2 rings (SSSR count). The predicted octanol–water partition coefficient (Wildman–Crippen LogP) is -0.881. The second-order valence-corrected chi connectivity index (χ2v) is 2.15. The molecule has 1 saturated heterocycles. The minimum Gasteiger partial charge on any atom is -0.460 e. The van der Waals surface area contributed by atoms with Crippen molar-refractivity contribution < 1.29 is 9.53 Å². The van der Waals surface area contributed by atoms with Crippen molar-refractivity contribution >= 4 is 11.7 Å². The molecular formula is C5H6N2O2. The topological polar surface area (TPSA) is 50.7 Å². The number of esters is 1. The molecule has 2 heterocycles. The molecule has 1 unspecified atom stereocenters. The standard InChI is InChI=1S/C5H6N2O2/c8-5-4-3(2-9-5)1-6-7-4/h3,6H,1-2H2. The first-order valence-electron chi connectivity index (χ1n) is 2.85. The molecule has 2 aliphatic rings. The Kier molecular flexibility index (Phi) is 0.777. The number of carbonyl (C=O) groups excluding carboxylic acids is 1. The van der Waals surface area contributed by atoms with Crippen molar-refractivity contribution in [3.63, 3.8) is 0 Å². The fourth-order valence-electron chi connectivity index (χ4n) is 1.03. The highest BCUT2D eigenvalue weighted by atomic mass is 16.5. The molecule has 1 atom stereocenters. The molecule has 0 spiro atoms. The monoisotopic (exact) mass is 126 g/mol. The third-order valence-corrected chi connectivity index (χ3v) is 1.55. The van der Waals surface area contributed by atoms with Crippen LogP contribution in [0.1, 0.15) is 0 Å². The van der Waals surface area contributed by atoms with E-state index in [0.29, 0.717) is 12.3 Å². The van der Waals surface area contributed by atoms with Crippen molar-refractivity contribution in [1.82, 2.24) is 5.43 Å². The Morgan fingerprint density at radius 1 is 1.78 bits per heavy atom. The van der Waals surface area contributed by atoms with Crippen LogP contribution in [0, 0.1) is 5.92 Å². The summed E-state index contributed by atoms with van der Waals surface area (Å²) >= 11 is 0. The summed E-state index contributed by atoms with van der Waals surface area (Å²) in [5, 5.41) is 3.77. The Morgan fingerprint density at radius 3 is 3.44 bits per heavy atom. The third kappa shape index (κ3) is 0.526. The number of carbonyl (C=O) groups is 1. The van der Waals surface area contributed by atoms with Gasteiger partial charge in [-0.3, -0.25) is 0 Å². The van der Waals surface area contributed by atoms with Crippen molar-refractivity contribution in [2.45, 2.75) is 0 Å². The molecule has 1 N–H and O–H groups in total. The second-order valence-electron chi connectivity index (χ2n) is 2.15. The lowest BCUT2D eigenvalue weighted by Gasteiger charge is -1.93. The van der Waals surface area contributed by atoms with Gasteiger partial charge >= 0.3 is 5.97 Å². The maximum atomic E-state index is 10.7. The van der Waals surface area contributed by atoms with Gasteiger partial charge in [-0.15, -0.1) is 0 Å². The summed E-state index contributed by atoms with van der Waals surface area (Å²) in [5.74, 6) is -0.0394. The minimum atomic E-state index is -0.259. The van der Waals surface area contributed by atoms with E-state index in [1.54, 1.807) is 0 Å². The van der Waals surface area contributed by atoms with Gasteiger partial charge in [0, 0.05) is 6.54 Å². The van der Waals surface area contributed by atoms with Crippen molar-refractivity contribution in [2.24, 2.45) is 11.0 Å². The number of nitrogens with one attached hydrogen (secondary N) is 1. The molecule has 0 amide bonds. The van der Waals surface area contributed by atoms with Crippen molar-refractivity contribution in [1.29, 1.82) is 0 Å².